The van der Waals surface area contributed by atoms with Crippen LogP contribution in [0.5, 0.6) is 0 Å². The largest absolute Gasteiger partial charge is 0.310 e. The van der Waals surface area contributed by atoms with Gasteiger partial charge in [0.25, 0.3) is 0 Å². The Kier molecular flexibility index (Phi) is 18.3. The minimum atomic E-state index is -0.158. The molecule has 564 valence electrons. The fourth-order valence-electron chi connectivity index (χ4n) is 19.0. The molecular formula is C115H89N3. The van der Waals surface area contributed by atoms with E-state index in [1.165, 1.54) is 194 Å². The van der Waals surface area contributed by atoms with E-state index in [1.807, 2.05) is 0 Å². The second-order valence-corrected chi connectivity index (χ2v) is 33.1. The number of fused-ring (bicyclic) bond motifs is 10. The summed E-state index contributed by atoms with van der Waals surface area (Å²) in [5, 5.41) is 10.2. The van der Waals surface area contributed by atoms with E-state index in [9.17, 15) is 0 Å². The average molecular weight is 1510 g/mol. The second-order valence-electron chi connectivity index (χ2n) is 33.1. The van der Waals surface area contributed by atoms with Gasteiger partial charge in [0.15, 0.2) is 0 Å². The van der Waals surface area contributed by atoms with Gasteiger partial charge in [0.05, 0.1) is 34.1 Å². The number of hydrogen-bond acceptors (Lipinski definition) is 3. The van der Waals surface area contributed by atoms with Gasteiger partial charge in [-0.3, -0.25) is 0 Å². The van der Waals surface area contributed by atoms with Crippen LogP contribution in [0.15, 0.2) is 431 Å². The Bertz CT molecular complexity index is 7010. The maximum absolute atomic E-state index is 2.45. The lowest BCUT2D eigenvalue weighted by molar-refractivity contribution is 0.632. The predicted molar refractivity (Wildman–Crippen MR) is 502 cm³/mol. The number of benzene rings is 19. The molecule has 0 saturated heterocycles. The Balaban J connectivity index is 0.000000114. The van der Waals surface area contributed by atoms with Crippen molar-refractivity contribution in [1.82, 2.24) is 0 Å². The highest BCUT2D eigenvalue weighted by Crippen LogP contribution is 2.57. The molecule has 3 aliphatic rings. The molecule has 0 N–H and O–H groups in total. The summed E-state index contributed by atoms with van der Waals surface area (Å²) < 4.78 is 0. The number of para-hydroxylation sites is 4. The van der Waals surface area contributed by atoms with Gasteiger partial charge in [0, 0.05) is 33.3 Å². The molecule has 0 aromatic heterocycles. The van der Waals surface area contributed by atoms with Gasteiger partial charge in [-0.2, -0.15) is 0 Å². The smallest absolute Gasteiger partial charge is 0.0503 e. The molecule has 0 bridgehead atoms. The highest BCUT2D eigenvalue weighted by atomic mass is 15.2. The lowest BCUT2D eigenvalue weighted by Gasteiger charge is -2.42. The van der Waals surface area contributed by atoms with E-state index in [1.54, 1.807) is 0 Å². The molecule has 118 heavy (non-hydrogen) atoms. The molecular weight excluding hydrogens is 1420 g/mol. The lowest BCUT2D eigenvalue weighted by atomic mass is 9.72. The summed E-state index contributed by atoms with van der Waals surface area (Å²) in [7, 11) is 0. The molecule has 0 spiro atoms. The van der Waals surface area contributed by atoms with Gasteiger partial charge in [0.1, 0.15) is 0 Å². The summed E-state index contributed by atoms with van der Waals surface area (Å²) in [4.78, 5) is 7.28. The lowest BCUT2D eigenvalue weighted by Crippen LogP contribution is -2.30. The first-order valence-corrected chi connectivity index (χ1v) is 41.3. The van der Waals surface area contributed by atoms with Gasteiger partial charge in [-0.1, -0.05) is 381 Å². The summed E-state index contributed by atoms with van der Waals surface area (Å²) in [6.07, 6.45) is 0. The first kappa shape index (κ1) is 72.6. The van der Waals surface area contributed by atoms with Gasteiger partial charge < -0.3 is 14.7 Å². The van der Waals surface area contributed by atoms with Gasteiger partial charge in [-0.05, 0) is 234 Å². The fraction of sp³-hybridized carbons (Fsp3) is 0.0783. The Labute approximate surface area is 693 Å². The van der Waals surface area contributed by atoms with Crippen LogP contribution in [0.25, 0.3) is 110 Å². The maximum Gasteiger partial charge on any atom is 0.0503 e. The van der Waals surface area contributed by atoms with E-state index in [-0.39, 0.29) is 16.2 Å². The van der Waals surface area contributed by atoms with Crippen LogP contribution in [0.1, 0.15) is 74.9 Å². The Morgan fingerprint density at radius 1 is 0.153 bits per heavy atom. The zero-order valence-corrected chi connectivity index (χ0v) is 67.3. The number of anilines is 9. The van der Waals surface area contributed by atoms with E-state index < -0.39 is 0 Å². The zero-order valence-electron chi connectivity index (χ0n) is 67.3. The van der Waals surface area contributed by atoms with Gasteiger partial charge >= 0.3 is 0 Å². The zero-order chi connectivity index (χ0) is 79.6. The van der Waals surface area contributed by atoms with Crippen LogP contribution in [-0.2, 0) is 16.2 Å². The van der Waals surface area contributed by atoms with Crippen LogP contribution in [-0.4, -0.2) is 0 Å². The Morgan fingerprint density at radius 2 is 0.441 bits per heavy atom. The minimum absolute atomic E-state index is 0.115. The predicted octanol–water partition coefficient (Wildman–Crippen LogP) is 32.0. The molecule has 0 atom stereocenters. The number of nitrogens with zero attached hydrogens (tertiary/aromatic N) is 3. The van der Waals surface area contributed by atoms with Crippen LogP contribution >= 0.6 is 0 Å². The van der Waals surface area contributed by atoms with Crippen LogP contribution < -0.4 is 14.7 Å². The fourth-order valence-corrected chi connectivity index (χ4v) is 19.0. The van der Waals surface area contributed by atoms with Crippen molar-refractivity contribution in [2.45, 2.75) is 57.8 Å². The number of hydrogen-bond donors (Lipinski definition) is 0. The first-order chi connectivity index (χ1) is 57.8. The maximum atomic E-state index is 2.45. The van der Waals surface area contributed by atoms with Crippen molar-refractivity contribution >= 4 is 94.3 Å². The van der Waals surface area contributed by atoms with E-state index in [0.717, 1.165) is 0 Å². The van der Waals surface area contributed by atoms with Crippen molar-refractivity contribution in [2.24, 2.45) is 0 Å². The monoisotopic (exact) mass is 1510 g/mol. The number of rotatable bonds is 9. The van der Waals surface area contributed by atoms with Crippen molar-refractivity contribution in [3.05, 3.63) is 464 Å². The normalized spacial score (nSPS) is 13.7. The van der Waals surface area contributed by atoms with Crippen molar-refractivity contribution in [2.75, 3.05) is 14.7 Å². The van der Waals surface area contributed by atoms with Crippen LogP contribution in [0, 0.1) is 0 Å². The average Bonchev–Trinajstić information content (AvgIpc) is 0.729. The molecule has 0 unspecified atom stereocenters. The van der Waals surface area contributed by atoms with E-state index in [4.69, 9.17) is 0 Å². The highest BCUT2D eigenvalue weighted by Gasteiger charge is 2.40. The summed E-state index contributed by atoms with van der Waals surface area (Å²) in [6, 6.07) is 157. The molecule has 19 aromatic rings. The highest BCUT2D eigenvalue weighted by molar-refractivity contribution is 6.06. The SMILES string of the molecule is CC1(C)c2ccccc2N(c2ccc(-c3cccc4ccccc34)cc2)c2ccc(-c3ccccc3)cc21.CC1(C)c2ccccc2N(c2ccc3ccccc3c2)c2ccc(-c3ccc(-c4ccccc4)c4ccccc34)cc21.CC1(C)c2ccccc2N(c2ccccc2)c2ccc(-c3ccc(-c4cccc5ccccc45)cc3)cc21. The van der Waals surface area contributed by atoms with E-state index in [2.05, 4.69) is 487 Å². The summed E-state index contributed by atoms with van der Waals surface area (Å²) in [6.45, 7) is 14.1. The molecule has 3 heteroatoms. The summed E-state index contributed by atoms with van der Waals surface area (Å²) in [5.74, 6) is 0. The second kappa shape index (κ2) is 29.8. The quantitative estimate of drug-likeness (QED) is 0.143. The van der Waals surface area contributed by atoms with Crippen LogP contribution in [0.2, 0.25) is 0 Å². The van der Waals surface area contributed by atoms with E-state index >= 15 is 0 Å². The standard InChI is InChI=1S/C41H31N.2C37H29N/c1-41(2)37-18-10-11-19-39(37)42(32-22-20-28-12-6-7-15-30(28)26-32)40-25-21-31(27-38(40)41)34-24-23-33(29-13-4-3-5-14-29)35-16-8-9-17-36(34)35;1-37(2)33-17-8-9-18-35(33)38(30-13-4-3-5-14-30)36-24-23-29(25-34(36)37)26-19-21-28(22-20-26)32-16-10-12-27-11-6-7-15-31(27)32;1-37(2)33-17-8-9-18-35(33)38(36-24-21-29(25-34(36)37)26-11-4-3-5-12-26)30-22-19-28(20-23-30)32-16-10-14-27-13-6-7-15-31(27)32/h3-27H,1-2H3;2*3-25H,1-2H3. The van der Waals surface area contributed by atoms with Crippen LogP contribution in [0.3, 0.4) is 0 Å². The van der Waals surface area contributed by atoms with E-state index in [0.29, 0.717) is 0 Å². The van der Waals surface area contributed by atoms with Crippen molar-refractivity contribution in [3.63, 3.8) is 0 Å². The molecule has 0 aliphatic carbocycles. The van der Waals surface area contributed by atoms with Crippen molar-refractivity contribution in [3.8, 4) is 66.8 Å². The minimum Gasteiger partial charge on any atom is -0.310 e. The summed E-state index contributed by atoms with van der Waals surface area (Å²) in [5.41, 5.74) is 33.7. The molecule has 3 heterocycles. The van der Waals surface area contributed by atoms with Crippen molar-refractivity contribution in [1.29, 1.82) is 0 Å². The molecule has 3 nitrogen and oxygen atoms in total. The van der Waals surface area contributed by atoms with Gasteiger partial charge in [-0.15, -0.1) is 0 Å². The van der Waals surface area contributed by atoms with Gasteiger partial charge in [0.2, 0.25) is 0 Å². The van der Waals surface area contributed by atoms with Crippen molar-refractivity contribution < 1.29 is 0 Å². The Morgan fingerprint density at radius 3 is 0.924 bits per heavy atom. The molecule has 0 saturated carbocycles. The third-order valence-electron chi connectivity index (χ3n) is 25.2. The third-order valence-corrected chi connectivity index (χ3v) is 25.2. The third kappa shape index (κ3) is 12.8. The molecule has 0 fully saturated rings. The molecule has 0 radical (unpaired) electrons. The molecule has 0 amide bonds. The molecule has 3 aliphatic heterocycles. The molecule has 22 rings (SSSR count). The summed E-state index contributed by atoms with van der Waals surface area (Å²) >= 11 is 0. The van der Waals surface area contributed by atoms with Crippen LogP contribution in [0.4, 0.5) is 51.2 Å². The molecule has 19 aromatic carbocycles. The Hall–Kier alpha value is -14.4. The first-order valence-electron chi connectivity index (χ1n) is 41.3. The van der Waals surface area contributed by atoms with Gasteiger partial charge in [-0.25, -0.2) is 0 Å². The topological polar surface area (TPSA) is 9.72 Å².